The Kier molecular flexibility index (Phi) is 3.75. The Morgan fingerprint density at radius 2 is 2.08 bits per heavy atom. The minimum absolute atomic E-state index is 0.103. The van der Waals surface area contributed by atoms with E-state index in [1.807, 2.05) is 0 Å². The van der Waals surface area contributed by atoms with Crippen LogP contribution in [0.4, 0.5) is 10.5 Å². The third-order valence-corrected chi connectivity index (χ3v) is 8.10. The standard InChI is InChI=1S/C16H21N3O5S/c1-15(2)13(18-14(20)21)19-16(3)10-8-9(17)4-5-11(10)24-7-6-12(16)25(15,22)23/h4-5,8,12H,6-7,17H2,1-3H3,(H,18,19)(H,20,21)/t12?,16-/m1/s1. The third kappa shape index (κ3) is 2.45. The Labute approximate surface area is 146 Å². The molecule has 1 unspecified atom stereocenters. The van der Waals surface area contributed by atoms with Crippen molar-refractivity contribution >= 4 is 27.5 Å². The summed E-state index contributed by atoms with van der Waals surface area (Å²) in [6, 6.07) is 5.00. The smallest absolute Gasteiger partial charge is 0.410 e. The Bertz CT molecular complexity index is 878. The highest BCUT2D eigenvalue weighted by molar-refractivity contribution is 7.94. The lowest BCUT2D eigenvalue weighted by Gasteiger charge is -2.43. The average Bonchev–Trinajstić information content (AvgIpc) is 2.63. The molecule has 0 saturated carbocycles. The lowest BCUT2D eigenvalue weighted by atomic mass is 9.86. The molecule has 2 aliphatic rings. The number of ether oxygens (including phenoxy) is 1. The lowest BCUT2D eigenvalue weighted by Crippen LogP contribution is -2.61. The molecule has 0 spiro atoms. The van der Waals surface area contributed by atoms with Gasteiger partial charge >= 0.3 is 6.09 Å². The van der Waals surface area contributed by atoms with Crippen LogP contribution in [0.1, 0.15) is 32.8 Å². The number of hydrogen-bond acceptors (Lipinski definition) is 6. The fourth-order valence-corrected chi connectivity index (χ4v) is 5.79. The number of fused-ring (bicyclic) bond motifs is 3. The fraction of sp³-hybridized carbons (Fsp3) is 0.500. The van der Waals surface area contributed by atoms with Gasteiger partial charge in [0.1, 0.15) is 21.9 Å². The number of nitrogens with zero attached hydrogens (tertiary/aromatic N) is 1. The van der Waals surface area contributed by atoms with Crippen molar-refractivity contribution in [3.8, 4) is 5.75 Å². The molecule has 0 radical (unpaired) electrons. The quantitative estimate of drug-likeness (QED) is 0.596. The van der Waals surface area contributed by atoms with Crippen molar-refractivity contribution in [3.63, 3.8) is 0 Å². The molecule has 136 valence electrons. The lowest BCUT2D eigenvalue weighted by molar-refractivity contribution is 0.199. The highest BCUT2D eigenvalue weighted by Gasteiger charge is 2.58. The monoisotopic (exact) mass is 367 g/mol. The SMILES string of the molecule is CC1(C)C(NC(=O)O)=N[C@]2(C)c3cc(N)ccc3OCCC2S1(=O)=O. The van der Waals surface area contributed by atoms with Gasteiger partial charge in [0.2, 0.25) is 0 Å². The molecular weight excluding hydrogens is 346 g/mol. The molecule has 1 amide bonds. The van der Waals surface area contributed by atoms with Crippen LogP contribution in [0.25, 0.3) is 0 Å². The maximum absolute atomic E-state index is 13.3. The summed E-state index contributed by atoms with van der Waals surface area (Å²) < 4.78 is 30.9. The maximum atomic E-state index is 13.3. The van der Waals surface area contributed by atoms with Crippen molar-refractivity contribution in [2.24, 2.45) is 4.99 Å². The van der Waals surface area contributed by atoms with Crippen molar-refractivity contribution in [3.05, 3.63) is 23.8 Å². The van der Waals surface area contributed by atoms with Gasteiger partial charge in [-0.15, -0.1) is 0 Å². The van der Waals surface area contributed by atoms with Crippen LogP contribution in [0.2, 0.25) is 0 Å². The number of rotatable bonds is 0. The van der Waals surface area contributed by atoms with Gasteiger partial charge in [0.25, 0.3) is 0 Å². The molecule has 1 aromatic rings. The molecule has 0 aliphatic carbocycles. The van der Waals surface area contributed by atoms with E-state index in [2.05, 4.69) is 10.3 Å². The van der Waals surface area contributed by atoms with Crippen LogP contribution in [-0.2, 0) is 15.4 Å². The summed E-state index contributed by atoms with van der Waals surface area (Å²) >= 11 is 0. The van der Waals surface area contributed by atoms with Crippen LogP contribution in [-0.4, -0.2) is 42.1 Å². The van der Waals surface area contributed by atoms with E-state index in [1.165, 1.54) is 13.8 Å². The number of amides is 1. The van der Waals surface area contributed by atoms with Gasteiger partial charge in [-0.1, -0.05) is 0 Å². The van der Waals surface area contributed by atoms with Crippen LogP contribution >= 0.6 is 0 Å². The van der Waals surface area contributed by atoms with Crippen LogP contribution in [0, 0.1) is 0 Å². The van der Waals surface area contributed by atoms with Gasteiger partial charge in [0, 0.05) is 17.7 Å². The topological polar surface area (TPSA) is 131 Å². The second-order valence-corrected chi connectivity index (χ2v) is 9.65. The van der Waals surface area contributed by atoms with Crippen LogP contribution in [0.5, 0.6) is 5.75 Å². The number of carboxylic acid groups (broad SMARTS) is 1. The number of amidine groups is 1. The average molecular weight is 367 g/mol. The van der Waals surface area contributed by atoms with Gasteiger partial charge in [-0.25, -0.2) is 13.2 Å². The molecule has 0 aromatic heterocycles. The molecule has 4 N–H and O–H groups in total. The van der Waals surface area contributed by atoms with E-state index < -0.39 is 31.5 Å². The summed E-state index contributed by atoms with van der Waals surface area (Å²) in [6.07, 6.45) is -1.11. The molecule has 8 nitrogen and oxygen atoms in total. The van der Waals surface area contributed by atoms with Gasteiger partial charge in [-0.2, -0.15) is 0 Å². The van der Waals surface area contributed by atoms with Gasteiger partial charge in [-0.05, 0) is 39.0 Å². The number of benzene rings is 1. The number of nitrogen functional groups attached to an aromatic ring is 1. The zero-order chi connectivity index (χ0) is 18.6. The normalized spacial score (nSPS) is 29.2. The summed E-state index contributed by atoms with van der Waals surface area (Å²) in [6.45, 7) is 4.83. The molecule has 0 saturated heterocycles. The van der Waals surface area contributed by atoms with E-state index >= 15 is 0 Å². The first-order valence-electron chi connectivity index (χ1n) is 7.86. The number of hydrogen-bond donors (Lipinski definition) is 3. The van der Waals surface area contributed by atoms with E-state index in [0.29, 0.717) is 17.0 Å². The predicted molar refractivity (Wildman–Crippen MR) is 93.7 cm³/mol. The number of nitrogens with two attached hydrogens (primary N) is 1. The van der Waals surface area contributed by atoms with E-state index in [9.17, 15) is 13.2 Å². The Morgan fingerprint density at radius 1 is 1.40 bits per heavy atom. The number of nitrogens with one attached hydrogen (secondary N) is 1. The van der Waals surface area contributed by atoms with Gasteiger partial charge in [0.15, 0.2) is 9.84 Å². The molecule has 0 fully saturated rings. The van der Waals surface area contributed by atoms with Crippen molar-refractivity contribution in [2.75, 3.05) is 12.3 Å². The molecule has 2 aliphatic heterocycles. The molecule has 2 atom stereocenters. The van der Waals surface area contributed by atoms with Crippen LogP contribution < -0.4 is 15.8 Å². The first kappa shape index (κ1) is 17.5. The molecule has 9 heteroatoms. The Balaban J connectivity index is 2.33. The largest absolute Gasteiger partial charge is 0.493 e. The minimum Gasteiger partial charge on any atom is -0.493 e. The zero-order valence-electron chi connectivity index (χ0n) is 14.2. The zero-order valence-corrected chi connectivity index (χ0v) is 15.1. The molecule has 3 rings (SSSR count). The van der Waals surface area contributed by atoms with Crippen molar-refractivity contribution < 1.29 is 23.1 Å². The molecular formula is C16H21N3O5S. The minimum atomic E-state index is -3.77. The molecule has 2 heterocycles. The second-order valence-electron chi connectivity index (χ2n) is 6.97. The van der Waals surface area contributed by atoms with Crippen molar-refractivity contribution in [1.29, 1.82) is 0 Å². The van der Waals surface area contributed by atoms with Gasteiger partial charge in [0.05, 0.1) is 11.9 Å². The molecule has 1 aromatic carbocycles. The number of anilines is 1. The van der Waals surface area contributed by atoms with Crippen molar-refractivity contribution in [2.45, 2.75) is 42.7 Å². The highest BCUT2D eigenvalue weighted by Crippen LogP contribution is 2.48. The van der Waals surface area contributed by atoms with Crippen LogP contribution in [0.3, 0.4) is 0 Å². The van der Waals surface area contributed by atoms with E-state index in [-0.39, 0.29) is 18.9 Å². The van der Waals surface area contributed by atoms with E-state index in [1.54, 1.807) is 25.1 Å². The fourth-order valence-electron chi connectivity index (χ4n) is 3.53. The second kappa shape index (κ2) is 5.35. The third-order valence-electron chi connectivity index (χ3n) is 5.04. The maximum Gasteiger partial charge on any atom is 0.410 e. The Hall–Kier alpha value is -2.29. The summed E-state index contributed by atoms with van der Waals surface area (Å²) in [7, 11) is -3.77. The summed E-state index contributed by atoms with van der Waals surface area (Å²) in [5.41, 5.74) is 5.68. The number of carbonyl (C=O) groups is 1. The summed E-state index contributed by atoms with van der Waals surface area (Å²) in [4.78, 5) is 15.7. The highest BCUT2D eigenvalue weighted by atomic mass is 32.2. The number of sulfone groups is 1. The Morgan fingerprint density at radius 3 is 2.72 bits per heavy atom. The first-order valence-corrected chi connectivity index (χ1v) is 9.41. The predicted octanol–water partition coefficient (Wildman–Crippen LogP) is 1.51. The summed E-state index contributed by atoms with van der Waals surface area (Å²) in [5.74, 6) is 0.404. The number of aliphatic imine (C=N–C) groups is 1. The van der Waals surface area contributed by atoms with Crippen molar-refractivity contribution in [1.82, 2.24) is 5.32 Å². The summed E-state index contributed by atoms with van der Waals surface area (Å²) in [5, 5.41) is 10.4. The van der Waals surface area contributed by atoms with E-state index in [4.69, 9.17) is 15.6 Å². The molecule has 25 heavy (non-hydrogen) atoms. The molecule has 0 bridgehead atoms. The first-order chi connectivity index (χ1) is 11.5. The van der Waals surface area contributed by atoms with Gasteiger partial charge < -0.3 is 15.6 Å². The van der Waals surface area contributed by atoms with Gasteiger partial charge in [-0.3, -0.25) is 10.3 Å². The van der Waals surface area contributed by atoms with E-state index in [0.717, 1.165) is 0 Å². The van der Waals surface area contributed by atoms with Crippen LogP contribution in [0.15, 0.2) is 23.2 Å².